The molecule has 0 aromatic heterocycles. The van der Waals surface area contributed by atoms with Crippen LogP contribution in [0.25, 0.3) is 0 Å². The molecule has 17 heavy (non-hydrogen) atoms. The summed E-state index contributed by atoms with van der Waals surface area (Å²) in [6.45, 7) is 2.76. The molecule has 1 heterocycles. The molecule has 3 N–H and O–H groups in total. The van der Waals surface area contributed by atoms with Gasteiger partial charge in [0.05, 0.1) is 19.3 Å². The van der Waals surface area contributed by atoms with Crippen LogP contribution in [0.4, 0.5) is 5.69 Å². The van der Waals surface area contributed by atoms with E-state index >= 15 is 0 Å². The second-order valence-corrected chi connectivity index (χ2v) is 5.01. The molecule has 4 nitrogen and oxygen atoms in total. The molecule has 94 valence electrons. The number of ether oxygens (including phenoxy) is 1. The van der Waals surface area contributed by atoms with E-state index in [-0.39, 0.29) is 12.7 Å². The fraction of sp³-hybridized carbons (Fsp3) is 0.500. The van der Waals surface area contributed by atoms with E-state index in [1.54, 1.807) is 0 Å². The number of nitrogens with zero attached hydrogens (tertiary/aromatic N) is 1. The van der Waals surface area contributed by atoms with Crippen LogP contribution >= 0.6 is 15.9 Å². The van der Waals surface area contributed by atoms with E-state index < -0.39 is 0 Å². The topological polar surface area (TPSA) is 58.7 Å². The minimum Gasteiger partial charge on any atom is -0.394 e. The Hall–Kier alpha value is -0.620. The Morgan fingerprint density at radius 3 is 3.06 bits per heavy atom. The molecule has 1 aromatic carbocycles. The first kappa shape index (κ1) is 12.8. The van der Waals surface area contributed by atoms with Crippen LogP contribution in [0.15, 0.2) is 22.7 Å². The number of morpholine rings is 1. The van der Waals surface area contributed by atoms with Gasteiger partial charge in [-0.15, -0.1) is 0 Å². The Labute approximate surface area is 109 Å². The Bertz CT molecular complexity index is 387. The van der Waals surface area contributed by atoms with Crippen LogP contribution in [0.2, 0.25) is 0 Å². The molecule has 0 aliphatic carbocycles. The molecule has 0 amide bonds. The SMILES string of the molecule is NCc1ccc(Br)cc1N1CCOC(CO)C1. The van der Waals surface area contributed by atoms with Gasteiger partial charge in [-0.3, -0.25) is 0 Å². The average molecular weight is 301 g/mol. The van der Waals surface area contributed by atoms with Crippen molar-refractivity contribution in [3.63, 3.8) is 0 Å². The van der Waals surface area contributed by atoms with E-state index in [1.807, 2.05) is 12.1 Å². The fourth-order valence-corrected chi connectivity index (χ4v) is 2.40. The predicted molar refractivity (Wildman–Crippen MR) is 71.1 cm³/mol. The summed E-state index contributed by atoms with van der Waals surface area (Å²) < 4.78 is 6.49. The second kappa shape index (κ2) is 5.82. The summed E-state index contributed by atoms with van der Waals surface area (Å²) in [6.07, 6.45) is -0.103. The van der Waals surface area contributed by atoms with Gasteiger partial charge in [-0.2, -0.15) is 0 Å². The van der Waals surface area contributed by atoms with Crippen LogP contribution in [0.5, 0.6) is 0 Å². The van der Waals surface area contributed by atoms with Crippen LogP contribution in [-0.4, -0.2) is 37.5 Å². The number of hydrogen-bond acceptors (Lipinski definition) is 4. The van der Waals surface area contributed by atoms with E-state index in [0.29, 0.717) is 19.7 Å². The molecule has 0 radical (unpaired) electrons. The third-order valence-electron chi connectivity index (χ3n) is 2.95. The largest absolute Gasteiger partial charge is 0.394 e. The lowest BCUT2D eigenvalue weighted by Crippen LogP contribution is -2.44. The summed E-state index contributed by atoms with van der Waals surface area (Å²) >= 11 is 3.48. The van der Waals surface area contributed by atoms with Gasteiger partial charge in [0.25, 0.3) is 0 Å². The molecule has 0 bridgehead atoms. The lowest BCUT2D eigenvalue weighted by Gasteiger charge is -2.35. The zero-order valence-electron chi connectivity index (χ0n) is 9.60. The summed E-state index contributed by atoms with van der Waals surface area (Å²) in [5.74, 6) is 0. The zero-order valence-corrected chi connectivity index (χ0v) is 11.2. The van der Waals surface area contributed by atoms with Crippen LogP contribution in [0.1, 0.15) is 5.56 Å². The van der Waals surface area contributed by atoms with Crippen LogP contribution in [-0.2, 0) is 11.3 Å². The van der Waals surface area contributed by atoms with E-state index in [9.17, 15) is 0 Å². The summed E-state index contributed by atoms with van der Waals surface area (Å²) in [4.78, 5) is 2.22. The number of rotatable bonds is 3. The first-order chi connectivity index (χ1) is 8.24. The van der Waals surface area contributed by atoms with E-state index in [1.165, 1.54) is 0 Å². The summed E-state index contributed by atoms with van der Waals surface area (Å²) in [6, 6.07) is 6.10. The van der Waals surface area contributed by atoms with Gasteiger partial charge in [0.15, 0.2) is 0 Å². The van der Waals surface area contributed by atoms with Crippen LogP contribution in [0, 0.1) is 0 Å². The molecule has 0 spiro atoms. The number of aliphatic hydroxyl groups excluding tert-OH is 1. The highest BCUT2D eigenvalue weighted by molar-refractivity contribution is 9.10. The number of halogens is 1. The predicted octanol–water partition coefficient (Wildman–Crippen LogP) is 1.11. The van der Waals surface area contributed by atoms with Crippen molar-refractivity contribution in [2.45, 2.75) is 12.6 Å². The third-order valence-corrected chi connectivity index (χ3v) is 3.44. The van der Waals surface area contributed by atoms with Gasteiger partial charge in [-0.1, -0.05) is 22.0 Å². The number of nitrogens with two attached hydrogens (primary N) is 1. The number of aliphatic hydroxyl groups is 1. The number of benzene rings is 1. The van der Waals surface area contributed by atoms with Gasteiger partial charge in [-0.05, 0) is 17.7 Å². The minimum atomic E-state index is -0.103. The lowest BCUT2D eigenvalue weighted by atomic mass is 10.1. The molecule has 1 saturated heterocycles. The van der Waals surface area contributed by atoms with E-state index in [4.69, 9.17) is 15.6 Å². The van der Waals surface area contributed by atoms with Crippen molar-refractivity contribution >= 4 is 21.6 Å². The zero-order chi connectivity index (χ0) is 12.3. The smallest absolute Gasteiger partial charge is 0.0980 e. The summed E-state index contributed by atoms with van der Waals surface area (Å²) in [7, 11) is 0. The van der Waals surface area contributed by atoms with Gasteiger partial charge in [0, 0.05) is 29.8 Å². The molecule has 1 aromatic rings. The first-order valence-electron chi connectivity index (χ1n) is 5.70. The standard InChI is InChI=1S/C12H17BrN2O2/c13-10-2-1-9(6-14)12(5-10)15-3-4-17-11(7-15)8-16/h1-2,5,11,16H,3-4,6-8,14H2. The Balaban J connectivity index is 2.22. The molecular formula is C12H17BrN2O2. The number of hydrogen-bond donors (Lipinski definition) is 2. The quantitative estimate of drug-likeness (QED) is 0.878. The van der Waals surface area contributed by atoms with Gasteiger partial charge in [0.2, 0.25) is 0 Å². The van der Waals surface area contributed by atoms with Crippen molar-refractivity contribution in [1.29, 1.82) is 0 Å². The highest BCUT2D eigenvalue weighted by Crippen LogP contribution is 2.26. The molecule has 5 heteroatoms. The first-order valence-corrected chi connectivity index (χ1v) is 6.49. The van der Waals surface area contributed by atoms with Crippen molar-refractivity contribution in [3.05, 3.63) is 28.2 Å². The molecule has 1 fully saturated rings. The van der Waals surface area contributed by atoms with E-state index in [0.717, 1.165) is 22.3 Å². The van der Waals surface area contributed by atoms with Gasteiger partial charge in [-0.25, -0.2) is 0 Å². The maximum atomic E-state index is 9.15. The summed E-state index contributed by atoms with van der Waals surface area (Å²) in [5, 5.41) is 9.15. The van der Waals surface area contributed by atoms with Crippen molar-refractivity contribution in [3.8, 4) is 0 Å². The maximum absolute atomic E-state index is 9.15. The highest BCUT2D eigenvalue weighted by Gasteiger charge is 2.21. The average Bonchev–Trinajstić information content (AvgIpc) is 2.39. The maximum Gasteiger partial charge on any atom is 0.0980 e. The normalized spacial score (nSPS) is 20.6. The minimum absolute atomic E-state index is 0.0580. The second-order valence-electron chi connectivity index (χ2n) is 4.10. The molecule has 2 rings (SSSR count). The van der Waals surface area contributed by atoms with Crippen molar-refractivity contribution in [1.82, 2.24) is 0 Å². The molecule has 1 aliphatic rings. The van der Waals surface area contributed by atoms with Crippen molar-refractivity contribution < 1.29 is 9.84 Å². The van der Waals surface area contributed by atoms with Crippen LogP contribution < -0.4 is 10.6 Å². The van der Waals surface area contributed by atoms with Gasteiger partial charge in [0.1, 0.15) is 0 Å². The summed E-state index contributed by atoms with van der Waals surface area (Å²) in [5.41, 5.74) is 8.00. The fourth-order valence-electron chi connectivity index (χ4n) is 2.05. The van der Waals surface area contributed by atoms with E-state index in [2.05, 4.69) is 26.9 Å². The Kier molecular flexibility index (Phi) is 4.39. The molecule has 1 atom stereocenters. The lowest BCUT2D eigenvalue weighted by molar-refractivity contribution is 0.00352. The molecular weight excluding hydrogens is 284 g/mol. The number of anilines is 1. The van der Waals surface area contributed by atoms with Crippen LogP contribution in [0.3, 0.4) is 0 Å². The monoisotopic (exact) mass is 300 g/mol. The highest BCUT2D eigenvalue weighted by atomic mass is 79.9. The molecule has 1 aliphatic heterocycles. The molecule has 1 unspecified atom stereocenters. The van der Waals surface area contributed by atoms with Gasteiger partial charge >= 0.3 is 0 Å². The Morgan fingerprint density at radius 2 is 2.35 bits per heavy atom. The molecule has 0 saturated carbocycles. The van der Waals surface area contributed by atoms with Crippen molar-refractivity contribution in [2.24, 2.45) is 5.73 Å². The third kappa shape index (κ3) is 2.98. The van der Waals surface area contributed by atoms with Crippen molar-refractivity contribution in [2.75, 3.05) is 31.2 Å². The van der Waals surface area contributed by atoms with Gasteiger partial charge < -0.3 is 20.5 Å². The Morgan fingerprint density at radius 1 is 1.53 bits per heavy atom.